The molecule has 0 aromatic heterocycles. The highest BCUT2D eigenvalue weighted by Crippen LogP contribution is 2.44. The predicted molar refractivity (Wildman–Crippen MR) is 110 cm³/mol. The van der Waals surface area contributed by atoms with Crippen LogP contribution in [0.5, 0.6) is 0 Å². The topological polar surface area (TPSA) is 17.1 Å². The van der Waals surface area contributed by atoms with Gasteiger partial charge in [0, 0.05) is 20.6 Å². The Labute approximate surface area is 151 Å². The van der Waals surface area contributed by atoms with Gasteiger partial charge in [0.2, 0.25) is 0 Å². The second-order valence-electron chi connectivity index (χ2n) is 6.61. The summed E-state index contributed by atoms with van der Waals surface area (Å²) in [6, 6.07) is 22.8. The molecule has 6 aromatic carbocycles. The molecule has 2 heteroatoms. The molecular formula is C23H11BrO. The van der Waals surface area contributed by atoms with Crippen LogP contribution in [0.2, 0.25) is 0 Å². The van der Waals surface area contributed by atoms with Gasteiger partial charge in [0.15, 0.2) is 5.43 Å². The van der Waals surface area contributed by atoms with Crippen LogP contribution in [0.1, 0.15) is 0 Å². The van der Waals surface area contributed by atoms with Crippen molar-refractivity contribution in [3.63, 3.8) is 0 Å². The van der Waals surface area contributed by atoms with Gasteiger partial charge in [-0.3, -0.25) is 4.79 Å². The van der Waals surface area contributed by atoms with Crippen molar-refractivity contribution in [1.29, 1.82) is 0 Å². The van der Waals surface area contributed by atoms with E-state index >= 15 is 0 Å². The zero-order valence-electron chi connectivity index (χ0n) is 13.1. The molecule has 6 rings (SSSR count). The molecule has 0 aliphatic heterocycles. The summed E-state index contributed by atoms with van der Waals surface area (Å²) in [5, 5.41) is 10.8. The van der Waals surface area contributed by atoms with Crippen LogP contribution in [0.25, 0.3) is 53.9 Å². The molecule has 0 radical (unpaired) electrons. The lowest BCUT2D eigenvalue weighted by Crippen LogP contribution is -1.96. The number of halogens is 1. The maximum Gasteiger partial charge on any atom is 0.194 e. The lowest BCUT2D eigenvalue weighted by Gasteiger charge is -2.14. The first-order chi connectivity index (χ1) is 12.3. The molecule has 0 amide bonds. The highest BCUT2D eigenvalue weighted by Gasteiger charge is 2.20. The van der Waals surface area contributed by atoms with E-state index in [9.17, 15) is 4.79 Å². The normalized spacial score (nSPS) is 12.4. The van der Waals surface area contributed by atoms with Crippen LogP contribution < -0.4 is 5.43 Å². The van der Waals surface area contributed by atoms with E-state index in [0.717, 1.165) is 36.8 Å². The summed E-state index contributed by atoms with van der Waals surface area (Å²) in [5.41, 5.74) is 0.140. The Kier molecular flexibility index (Phi) is 2.42. The van der Waals surface area contributed by atoms with Gasteiger partial charge in [-0.25, -0.2) is 0 Å². The fraction of sp³-hybridized carbons (Fsp3) is 0. The minimum Gasteiger partial charge on any atom is -0.289 e. The number of benzene rings is 5. The molecule has 1 nitrogen and oxygen atoms in total. The third kappa shape index (κ3) is 1.52. The predicted octanol–water partition coefficient (Wildman–Crippen LogP) is 6.45. The summed E-state index contributed by atoms with van der Waals surface area (Å²) in [5.74, 6) is 0. The first-order valence-corrected chi connectivity index (χ1v) is 9.08. The molecular weight excluding hydrogens is 372 g/mol. The largest absolute Gasteiger partial charge is 0.289 e. The maximum absolute atomic E-state index is 13.2. The van der Waals surface area contributed by atoms with Crippen LogP contribution in [-0.2, 0) is 0 Å². The van der Waals surface area contributed by atoms with E-state index in [1.165, 1.54) is 21.5 Å². The highest BCUT2D eigenvalue weighted by atomic mass is 79.9. The van der Waals surface area contributed by atoms with Gasteiger partial charge in [-0.1, -0.05) is 76.6 Å². The van der Waals surface area contributed by atoms with Gasteiger partial charge in [-0.15, -0.1) is 0 Å². The Morgan fingerprint density at radius 3 is 2.00 bits per heavy atom. The van der Waals surface area contributed by atoms with Gasteiger partial charge >= 0.3 is 0 Å². The molecule has 116 valence electrons. The highest BCUT2D eigenvalue weighted by molar-refractivity contribution is 9.10. The van der Waals surface area contributed by atoms with Crippen LogP contribution >= 0.6 is 15.9 Å². The molecule has 0 spiro atoms. The van der Waals surface area contributed by atoms with Crippen molar-refractivity contribution >= 4 is 69.8 Å². The van der Waals surface area contributed by atoms with Gasteiger partial charge in [0.1, 0.15) is 0 Å². The lowest BCUT2D eigenvalue weighted by molar-refractivity contribution is 1.77. The van der Waals surface area contributed by atoms with Gasteiger partial charge in [0.25, 0.3) is 0 Å². The van der Waals surface area contributed by atoms with Crippen molar-refractivity contribution < 1.29 is 0 Å². The molecule has 0 atom stereocenters. The van der Waals surface area contributed by atoms with Gasteiger partial charge in [0.05, 0.1) is 0 Å². The first-order valence-electron chi connectivity index (χ1n) is 8.29. The maximum atomic E-state index is 13.2. The average molecular weight is 383 g/mol. The quantitative estimate of drug-likeness (QED) is 0.276. The van der Waals surface area contributed by atoms with Gasteiger partial charge in [-0.05, 0) is 43.8 Å². The Balaban J connectivity index is 2.17. The fourth-order valence-corrected chi connectivity index (χ4v) is 5.02. The summed E-state index contributed by atoms with van der Waals surface area (Å²) < 4.78 is 1.07. The Morgan fingerprint density at radius 1 is 0.560 bits per heavy atom. The molecule has 0 unspecified atom stereocenters. The third-order valence-corrected chi connectivity index (χ3v) is 6.06. The summed E-state index contributed by atoms with van der Waals surface area (Å²) in [4.78, 5) is 13.2. The van der Waals surface area contributed by atoms with E-state index < -0.39 is 0 Å². The fourth-order valence-electron chi connectivity index (χ4n) is 4.44. The Morgan fingerprint density at radius 2 is 1.16 bits per heavy atom. The molecule has 0 saturated heterocycles. The van der Waals surface area contributed by atoms with E-state index in [0.29, 0.717) is 0 Å². The van der Waals surface area contributed by atoms with E-state index in [1.54, 1.807) is 0 Å². The summed E-state index contributed by atoms with van der Waals surface area (Å²) in [6.45, 7) is 0. The van der Waals surface area contributed by atoms with Crippen molar-refractivity contribution in [3.05, 3.63) is 81.4 Å². The molecule has 0 fully saturated rings. The van der Waals surface area contributed by atoms with E-state index in [1.807, 2.05) is 24.3 Å². The second-order valence-corrected chi connectivity index (χ2v) is 7.47. The molecule has 0 aliphatic rings. The van der Waals surface area contributed by atoms with Crippen LogP contribution in [-0.4, -0.2) is 0 Å². The van der Waals surface area contributed by atoms with Crippen LogP contribution in [0, 0.1) is 0 Å². The van der Waals surface area contributed by atoms with Crippen LogP contribution in [0.4, 0.5) is 0 Å². The Bertz CT molecular complexity index is 1510. The van der Waals surface area contributed by atoms with Crippen molar-refractivity contribution in [2.75, 3.05) is 0 Å². The number of hydrogen-bond donors (Lipinski definition) is 0. The number of hydrogen-bond acceptors (Lipinski definition) is 1. The second kappa shape index (κ2) is 4.47. The SMILES string of the molecule is O=c1c2ccccc2c2c3cccc4cc(Br)c5cccc(c12)c5c43. The molecule has 0 heterocycles. The zero-order chi connectivity index (χ0) is 16.7. The van der Waals surface area contributed by atoms with Crippen molar-refractivity contribution in [2.45, 2.75) is 0 Å². The van der Waals surface area contributed by atoms with Crippen LogP contribution in [0.3, 0.4) is 0 Å². The van der Waals surface area contributed by atoms with Crippen LogP contribution in [0.15, 0.2) is 76.0 Å². The van der Waals surface area contributed by atoms with Crippen molar-refractivity contribution in [1.82, 2.24) is 0 Å². The first kappa shape index (κ1) is 13.6. The molecule has 25 heavy (non-hydrogen) atoms. The van der Waals surface area contributed by atoms with Gasteiger partial charge < -0.3 is 0 Å². The Hall–Kier alpha value is -2.71. The average Bonchev–Trinajstić information content (AvgIpc) is 2.95. The van der Waals surface area contributed by atoms with Crippen molar-refractivity contribution in [3.8, 4) is 0 Å². The number of rotatable bonds is 0. The monoisotopic (exact) mass is 382 g/mol. The van der Waals surface area contributed by atoms with Gasteiger partial charge in [-0.2, -0.15) is 0 Å². The summed E-state index contributed by atoms with van der Waals surface area (Å²) in [6.07, 6.45) is 0. The summed E-state index contributed by atoms with van der Waals surface area (Å²) >= 11 is 3.72. The van der Waals surface area contributed by atoms with E-state index in [2.05, 4.69) is 58.4 Å². The zero-order valence-corrected chi connectivity index (χ0v) is 14.7. The molecule has 6 aromatic rings. The summed E-state index contributed by atoms with van der Waals surface area (Å²) in [7, 11) is 0. The number of fused-ring (bicyclic) bond motifs is 5. The van der Waals surface area contributed by atoms with E-state index in [4.69, 9.17) is 0 Å². The molecule has 0 N–H and O–H groups in total. The molecule has 0 saturated carbocycles. The lowest BCUT2D eigenvalue weighted by atomic mass is 9.90. The minimum absolute atomic E-state index is 0.140. The molecule has 0 bridgehead atoms. The van der Waals surface area contributed by atoms with E-state index in [-0.39, 0.29) is 5.43 Å². The third-order valence-electron chi connectivity index (χ3n) is 5.41. The molecule has 0 aliphatic carbocycles. The standard InChI is InChI=1S/C23H11BrO/c24-18-11-12-5-3-9-16-19(12)21-15(18)8-4-10-17(21)22-20(16)13-6-1-2-7-14(13)23(22)25/h1-11H. The van der Waals surface area contributed by atoms with Crippen molar-refractivity contribution in [2.24, 2.45) is 0 Å². The minimum atomic E-state index is 0.140. The smallest absolute Gasteiger partial charge is 0.194 e.